The van der Waals surface area contributed by atoms with Crippen molar-refractivity contribution in [1.82, 2.24) is 9.13 Å². The number of fused-ring (bicyclic) bond motifs is 3. The fourth-order valence-electron chi connectivity index (χ4n) is 3.42. The van der Waals surface area contributed by atoms with Crippen LogP contribution in [-0.4, -0.2) is 15.0 Å². The number of rotatable bonds is 6. The lowest BCUT2D eigenvalue weighted by molar-refractivity contribution is -0.116. The molecule has 0 radical (unpaired) electrons. The molecule has 0 fully saturated rings. The SMILES string of the molecule is CCCCn1c(=O)c2oc3ccccc3c2n(CC(=O)Nc2ccccc2)c1=O. The summed E-state index contributed by atoms with van der Waals surface area (Å²) >= 11 is 0. The fraction of sp³-hybridized carbons (Fsp3) is 0.227. The van der Waals surface area contributed by atoms with Gasteiger partial charge in [0.05, 0.1) is 0 Å². The Balaban J connectivity index is 1.87. The van der Waals surface area contributed by atoms with E-state index in [0.717, 1.165) is 11.0 Å². The van der Waals surface area contributed by atoms with E-state index in [1.165, 1.54) is 4.57 Å². The predicted molar refractivity (Wildman–Crippen MR) is 112 cm³/mol. The molecule has 2 heterocycles. The Hall–Kier alpha value is -3.61. The number of carbonyl (C=O) groups is 1. The predicted octanol–water partition coefficient (Wildman–Crippen LogP) is 3.35. The van der Waals surface area contributed by atoms with Gasteiger partial charge in [-0.2, -0.15) is 0 Å². The van der Waals surface area contributed by atoms with Crippen molar-refractivity contribution in [2.45, 2.75) is 32.9 Å². The molecule has 29 heavy (non-hydrogen) atoms. The van der Waals surface area contributed by atoms with Gasteiger partial charge < -0.3 is 9.73 Å². The number of hydrogen-bond acceptors (Lipinski definition) is 4. The van der Waals surface area contributed by atoms with Crippen LogP contribution in [0.1, 0.15) is 19.8 Å². The molecule has 7 nitrogen and oxygen atoms in total. The van der Waals surface area contributed by atoms with E-state index in [2.05, 4.69) is 5.32 Å². The van der Waals surface area contributed by atoms with Crippen molar-refractivity contribution in [2.24, 2.45) is 0 Å². The maximum atomic E-state index is 13.1. The van der Waals surface area contributed by atoms with Crippen molar-refractivity contribution in [2.75, 3.05) is 5.32 Å². The summed E-state index contributed by atoms with van der Waals surface area (Å²) in [6, 6.07) is 16.1. The molecule has 1 amide bonds. The van der Waals surface area contributed by atoms with Gasteiger partial charge in [0, 0.05) is 17.6 Å². The summed E-state index contributed by atoms with van der Waals surface area (Å²) in [4.78, 5) is 38.7. The first-order chi connectivity index (χ1) is 14.1. The Morgan fingerprint density at radius 3 is 2.48 bits per heavy atom. The number of para-hydroxylation sites is 2. The minimum atomic E-state index is -0.509. The van der Waals surface area contributed by atoms with E-state index < -0.39 is 11.2 Å². The maximum absolute atomic E-state index is 13.1. The smallest absolute Gasteiger partial charge is 0.332 e. The molecule has 7 heteroatoms. The van der Waals surface area contributed by atoms with Crippen LogP contribution in [0.5, 0.6) is 0 Å². The quantitative estimate of drug-likeness (QED) is 0.546. The van der Waals surface area contributed by atoms with Gasteiger partial charge in [0.15, 0.2) is 0 Å². The van der Waals surface area contributed by atoms with Gasteiger partial charge in [0.25, 0.3) is 5.56 Å². The lowest BCUT2D eigenvalue weighted by Gasteiger charge is -2.12. The summed E-state index contributed by atoms with van der Waals surface area (Å²) in [7, 11) is 0. The van der Waals surface area contributed by atoms with Gasteiger partial charge in [-0.3, -0.25) is 18.7 Å². The molecule has 0 saturated carbocycles. The highest BCUT2D eigenvalue weighted by atomic mass is 16.3. The van der Waals surface area contributed by atoms with Crippen molar-refractivity contribution in [1.29, 1.82) is 0 Å². The van der Waals surface area contributed by atoms with Crippen molar-refractivity contribution in [3.8, 4) is 0 Å². The van der Waals surface area contributed by atoms with Gasteiger partial charge in [-0.25, -0.2) is 4.79 Å². The lowest BCUT2D eigenvalue weighted by Crippen LogP contribution is -2.41. The van der Waals surface area contributed by atoms with Crippen molar-refractivity contribution in [3.05, 3.63) is 75.4 Å². The molecule has 4 rings (SSSR count). The fourth-order valence-corrected chi connectivity index (χ4v) is 3.42. The Labute approximate surface area is 166 Å². The summed E-state index contributed by atoms with van der Waals surface area (Å²) in [6.45, 7) is 2.04. The largest absolute Gasteiger partial charge is 0.449 e. The standard InChI is InChI=1S/C22H21N3O4/c1-2-3-13-24-21(27)20-19(16-11-7-8-12-17(16)29-20)25(22(24)28)14-18(26)23-15-9-5-4-6-10-15/h4-12H,2-3,13-14H2,1H3,(H,23,26). The summed E-state index contributed by atoms with van der Waals surface area (Å²) in [6.07, 6.45) is 1.51. The lowest BCUT2D eigenvalue weighted by atomic mass is 10.2. The van der Waals surface area contributed by atoms with Crippen LogP contribution in [0.2, 0.25) is 0 Å². The molecule has 0 aliphatic heterocycles. The second-order valence-corrected chi connectivity index (χ2v) is 6.87. The Kier molecular flexibility index (Phi) is 5.03. The number of aromatic nitrogens is 2. The summed E-state index contributed by atoms with van der Waals surface area (Å²) in [5.41, 5.74) is 0.615. The van der Waals surface area contributed by atoms with E-state index in [9.17, 15) is 14.4 Å². The second-order valence-electron chi connectivity index (χ2n) is 6.87. The first-order valence-electron chi connectivity index (χ1n) is 9.60. The summed E-state index contributed by atoms with van der Waals surface area (Å²) < 4.78 is 8.26. The molecule has 0 unspecified atom stereocenters. The van der Waals surface area contributed by atoms with Gasteiger partial charge in [-0.15, -0.1) is 0 Å². The highest BCUT2D eigenvalue weighted by molar-refractivity contribution is 6.03. The first kappa shape index (κ1) is 18.7. The molecule has 0 bridgehead atoms. The molecule has 148 valence electrons. The molecule has 2 aromatic carbocycles. The summed E-state index contributed by atoms with van der Waals surface area (Å²) in [5, 5.41) is 3.41. The number of furan rings is 1. The van der Waals surface area contributed by atoms with Crippen molar-refractivity contribution in [3.63, 3.8) is 0 Å². The van der Waals surface area contributed by atoms with Gasteiger partial charge in [-0.1, -0.05) is 43.7 Å². The van der Waals surface area contributed by atoms with Crippen LogP contribution >= 0.6 is 0 Å². The molecule has 0 aliphatic carbocycles. The van der Waals surface area contributed by atoms with E-state index in [1.54, 1.807) is 36.4 Å². The molecular formula is C22H21N3O4. The van der Waals surface area contributed by atoms with Gasteiger partial charge in [0.2, 0.25) is 11.5 Å². The first-order valence-corrected chi connectivity index (χ1v) is 9.60. The Morgan fingerprint density at radius 1 is 1.00 bits per heavy atom. The molecule has 2 aromatic heterocycles. The second kappa shape index (κ2) is 7.79. The highest BCUT2D eigenvalue weighted by Gasteiger charge is 2.21. The topological polar surface area (TPSA) is 86.2 Å². The van der Waals surface area contributed by atoms with Crippen LogP contribution in [0.3, 0.4) is 0 Å². The molecule has 0 saturated heterocycles. The van der Waals surface area contributed by atoms with Crippen LogP contribution in [0.25, 0.3) is 22.1 Å². The minimum Gasteiger partial charge on any atom is -0.449 e. The number of nitrogens with one attached hydrogen (secondary N) is 1. The van der Waals surface area contributed by atoms with Crippen LogP contribution in [0.15, 0.2) is 68.6 Å². The zero-order valence-corrected chi connectivity index (χ0v) is 16.1. The van der Waals surface area contributed by atoms with Crippen molar-refractivity contribution < 1.29 is 9.21 Å². The normalized spacial score (nSPS) is 11.2. The van der Waals surface area contributed by atoms with E-state index in [4.69, 9.17) is 4.42 Å². The number of benzene rings is 2. The van der Waals surface area contributed by atoms with Crippen LogP contribution in [0.4, 0.5) is 5.69 Å². The van der Waals surface area contributed by atoms with Crippen LogP contribution in [0, 0.1) is 0 Å². The minimum absolute atomic E-state index is 0.0921. The summed E-state index contributed by atoms with van der Waals surface area (Å²) in [5.74, 6) is -0.356. The van der Waals surface area contributed by atoms with Crippen molar-refractivity contribution >= 4 is 33.7 Å². The molecule has 1 N–H and O–H groups in total. The average Bonchev–Trinajstić information content (AvgIpc) is 3.12. The number of amides is 1. The Morgan fingerprint density at radius 2 is 1.72 bits per heavy atom. The average molecular weight is 391 g/mol. The zero-order chi connectivity index (χ0) is 20.4. The van der Waals surface area contributed by atoms with Gasteiger partial charge in [0.1, 0.15) is 17.6 Å². The zero-order valence-electron chi connectivity index (χ0n) is 16.1. The molecule has 0 spiro atoms. The number of anilines is 1. The van der Waals surface area contributed by atoms with E-state index in [1.807, 2.05) is 25.1 Å². The number of nitrogens with zero attached hydrogens (tertiary/aromatic N) is 2. The van der Waals surface area contributed by atoms with E-state index >= 15 is 0 Å². The van der Waals surface area contributed by atoms with Gasteiger partial charge in [-0.05, 0) is 30.7 Å². The van der Waals surface area contributed by atoms with Crippen LogP contribution < -0.4 is 16.6 Å². The monoisotopic (exact) mass is 391 g/mol. The molecular weight excluding hydrogens is 370 g/mol. The van der Waals surface area contributed by atoms with Gasteiger partial charge >= 0.3 is 5.69 Å². The number of hydrogen-bond donors (Lipinski definition) is 1. The maximum Gasteiger partial charge on any atom is 0.332 e. The molecule has 0 aliphatic rings. The van der Waals surface area contributed by atoms with Crippen LogP contribution in [-0.2, 0) is 17.9 Å². The number of carbonyl (C=O) groups excluding carboxylic acids is 1. The van der Waals surface area contributed by atoms with E-state index in [-0.39, 0.29) is 24.6 Å². The number of unbranched alkanes of at least 4 members (excludes halogenated alkanes) is 1. The third kappa shape index (κ3) is 3.47. The highest BCUT2D eigenvalue weighted by Crippen LogP contribution is 2.25. The third-order valence-electron chi connectivity index (χ3n) is 4.83. The molecule has 0 atom stereocenters. The third-order valence-corrected chi connectivity index (χ3v) is 4.83. The molecule has 4 aromatic rings. The van der Waals surface area contributed by atoms with E-state index in [0.29, 0.717) is 28.6 Å². The Bertz CT molecular complexity index is 1300.